The van der Waals surface area contributed by atoms with Gasteiger partial charge in [-0.15, -0.1) is 0 Å². The summed E-state index contributed by atoms with van der Waals surface area (Å²) < 4.78 is 0. The summed E-state index contributed by atoms with van der Waals surface area (Å²) in [5.41, 5.74) is 4.39. The van der Waals surface area contributed by atoms with Crippen LogP contribution in [0.1, 0.15) is 91.9 Å². The van der Waals surface area contributed by atoms with E-state index in [4.69, 9.17) is 4.99 Å². The maximum Gasteiger partial charge on any atom is 0.0386 e. The molecular formula is C24H39N. The van der Waals surface area contributed by atoms with Gasteiger partial charge >= 0.3 is 0 Å². The molecule has 0 spiro atoms. The Kier molecular flexibility index (Phi) is 4.66. The molecule has 0 heterocycles. The minimum atomic E-state index is 0.527. The molecule has 25 heavy (non-hydrogen) atoms. The van der Waals surface area contributed by atoms with E-state index >= 15 is 0 Å². The maximum atomic E-state index is 4.95. The molecule has 0 aromatic rings. The van der Waals surface area contributed by atoms with Crippen molar-refractivity contribution in [2.45, 2.75) is 91.9 Å². The van der Waals surface area contributed by atoms with Crippen molar-refractivity contribution in [1.82, 2.24) is 0 Å². The molecule has 3 fully saturated rings. The Morgan fingerprint density at radius 3 is 2.76 bits per heavy atom. The van der Waals surface area contributed by atoms with E-state index in [0.29, 0.717) is 10.8 Å². The van der Waals surface area contributed by atoms with Crippen molar-refractivity contribution in [3.8, 4) is 0 Å². The number of aliphatic imine (C=N–C) groups is 1. The SMILES string of the molecule is CCCN=C(C)C1CCC2C3CC=C4CCCCC4(C)C3CCC12C. The molecule has 1 heteroatoms. The summed E-state index contributed by atoms with van der Waals surface area (Å²) in [4.78, 5) is 4.95. The van der Waals surface area contributed by atoms with Gasteiger partial charge in [-0.3, -0.25) is 4.99 Å². The lowest BCUT2D eigenvalue weighted by molar-refractivity contribution is -0.0324. The van der Waals surface area contributed by atoms with Gasteiger partial charge in [0.1, 0.15) is 0 Å². The molecule has 0 aromatic carbocycles. The molecular weight excluding hydrogens is 302 g/mol. The van der Waals surface area contributed by atoms with Gasteiger partial charge in [0.15, 0.2) is 0 Å². The fraction of sp³-hybridized carbons (Fsp3) is 0.875. The topological polar surface area (TPSA) is 12.4 Å². The second-order valence-corrected chi connectivity index (χ2v) is 10.2. The molecule has 140 valence electrons. The van der Waals surface area contributed by atoms with Crippen molar-refractivity contribution in [1.29, 1.82) is 0 Å². The summed E-state index contributed by atoms with van der Waals surface area (Å²) >= 11 is 0. The summed E-state index contributed by atoms with van der Waals surface area (Å²) in [5.74, 6) is 3.63. The monoisotopic (exact) mass is 341 g/mol. The van der Waals surface area contributed by atoms with Crippen LogP contribution in [-0.2, 0) is 0 Å². The first-order chi connectivity index (χ1) is 12.0. The second-order valence-electron chi connectivity index (χ2n) is 10.2. The van der Waals surface area contributed by atoms with Gasteiger partial charge in [0, 0.05) is 18.2 Å². The molecule has 1 nitrogen and oxygen atoms in total. The Labute approximate surface area is 155 Å². The third kappa shape index (κ3) is 2.67. The van der Waals surface area contributed by atoms with E-state index in [-0.39, 0.29) is 0 Å². The quantitative estimate of drug-likeness (QED) is 0.394. The molecule has 4 aliphatic carbocycles. The fourth-order valence-corrected chi connectivity index (χ4v) is 7.78. The lowest BCUT2D eigenvalue weighted by Crippen LogP contribution is -2.50. The van der Waals surface area contributed by atoms with Gasteiger partial charge in [-0.1, -0.05) is 38.8 Å². The van der Waals surface area contributed by atoms with E-state index < -0.39 is 0 Å². The number of rotatable bonds is 3. The zero-order chi connectivity index (χ0) is 17.7. The van der Waals surface area contributed by atoms with Gasteiger partial charge in [-0.25, -0.2) is 0 Å². The third-order valence-electron chi connectivity index (χ3n) is 9.11. The molecule has 6 atom stereocenters. The van der Waals surface area contributed by atoms with Gasteiger partial charge in [0.05, 0.1) is 0 Å². The number of hydrogen-bond donors (Lipinski definition) is 0. The predicted molar refractivity (Wildman–Crippen MR) is 108 cm³/mol. The molecule has 0 bridgehead atoms. The van der Waals surface area contributed by atoms with Crippen molar-refractivity contribution in [3.05, 3.63) is 11.6 Å². The van der Waals surface area contributed by atoms with Crippen LogP contribution in [0.3, 0.4) is 0 Å². The number of hydrogen-bond acceptors (Lipinski definition) is 1. The summed E-state index contributed by atoms with van der Waals surface area (Å²) in [5, 5.41) is 0. The Morgan fingerprint density at radius 1 is 1.12 bits per heavy atom. The van der Waals surface area contributed by atoms with E-state index in [9.17, 15) is 0 Å². The van der Waals surface area contributed by atoms with E-state index in [2.05, 4.69) is 33.8 Å². The Bertz CT molecular complexity index is 573. The van der Waals surface area contributed by atoms with Crippen LogP contribution in [0, 0.1) is 34.5 Å². The van der Waals surface area contributed by atoms with Crippen molar-refractivity contribution in [2.75, 3.05) is 6.54 Å². The second kappa shape index (κ2) is 6.54. The average Bonchev–Trinajstić information content (AvgIpc) is 2.96. The normalized spacial score (nSPS) is 46.9. The molecule has 0 amide bonds. The Hall–Kier alpha value is -0.590. The zero-order valence-corrected chi connectivity index (χ0v) is 17.1. The van der Waals surface area contributed by atoms with Gasteiger partial charge in [-0.05, 0) is 93.3 Å². The first kappa shape index (κ1) is 17.8. The number of fused-ring (bicyclic) bond motifs is 5. The largest absolute Gasteiger partial charge is 0.294 e. The highest BCUT2D eigenvalue weighted by atomic mass is 14.8. The molecule has 3 saturated carbocycles. The van der Waals surface area contributed by atoms with Crippen LogP contribution in [0.4, 0.5) is 0 Å². The molecule has 4 aliphatic rings. The van der Waals surface area contributed by atoms with Crippen LogP contribution in [0.25, 0.3) is 0 Å². The summed E-state index contributed by atoms with van der Waals surface area (Å²) in [6, 6.07) is 0. The highest BCUT2D eigenvalue weighted by Gasteiger charge is 2.58. The van der Waals surface area contributed by atoms with Crippen molar-refractivity contribution >= 4 is 5.71 Å². The number of allylic oxidation sites excluding steroid dienone is 2. The minimum Gasteiger partial charge on any atom is -0.294 e. The van der Waals surface area contributed by atoms with Crippen molar-refractivity contribution in [3.63, 3.8) is 0 Å². The van der Waals surface area contributed by atoms with Crippen LogP contribution in [0.5, 0.6) is 0 Å². The smallest absolute Gasteiger partial charge is 0.0386 e. The van der Waals surface area contributed by atoms with Gasteiger partial charge in [0.25, 0.3) is 0 Å². The standard InChI is InChI=1S/C24H39N/c1-5-16-25-17(2)20-11-12-21-19-10-9-18-8-6-7-14-23(18,3)22(19)13-15-24(20,21)4/h9,19-22H,5-8,10-16H2,1-4H3. The summed E-state index contributed by atoms with van der Waals surface area (Å²) in [7, 11) is 0. The highest BCUT2D eigenvalue weighted by molar-refractivity contribution is 5.85. The minimum absolute atomic E-state index is 0.527. The van der Waals surface area contributed by atoms with E-state index in [0.717, 1.165) is 30.2 Å². The maximum absolute atomic E-state index is 4.95. The molecule has 0 aliphatic heterocycles. The van der Waals surface area contributed by atoms with Crippen molar-refractivity contribution in [2.24, 2.45) is 39.5 Å². The zero-order valence-electron chi connectivity index (χ0n) is 17.1. The highest BCUT2D eigenvalue weighted by Crippen LogP contribution is 2.66. The first-order valence-electron chi connectivity index (χ1n) is 11.2. The van der Waals surface area contributed by atoms with Crippen LogP contribution in [0.2, 0.25) is 0 Å². The predicted octanol–water partition coefficient (Wildman–Crippen LogP) is 6.83. The molecule has 4 rings (SSSR count). The Morgan fingerprint density at radius 2 is 1.96 bits per heavy atom. The van der Waals surface area contributed by atoms with E-state index in [1.807, 2.05) is 5.57 Å². The lowest BCUT2D eigenvalue weighted by Gasteiger charge is -2.57. The van der Waals surface area contributed by atoms with Crippen molar-refractivity contribution < 1.29 is 0 Å². The molecule has 6 unspecified atom stereocenters. The summed E-state index contributed by atoms with van der Waals surface area (Å²) in [6.45, 7) is 10.9. The fourth-order valence-electron chi connectivity index (χ4n) is 7.78. The van der Waals surface area contributed by atoms with Gasteiger partial charge < -0.3 is 0 Å². The van der Waals surface area contributed by atoms with Crippen LogP contribution in [0.15, 0.2) is 16.6 Å². The van der Waals surface area contributed by atoms with Crippen LogP contribution in [-0.4, -0.2) is 12.3 Å². The summed E-state index contributed by atoms with van der Waals surface area (Å²) in [6.07, 6.45) is 16.8. The molecule has 0 saturated heterocycles. The lowest BCUT2D eigenvalue weighted by atomic mass is 9.47. The molecule has 0 radical (unpaired) electrons. The first-order valence-corrected chi connectivity index (χ1v) is 11.2. The molecule has 0 N–H and O–H groups in total. The van der Waals surface area contributed by atoms with E-state index in [1.54, 1.807) is 0 Å². The van der Waals surface area contributed by atoms with Crippen LogP contribution >= 0.6 is 0 Å². The van der Waals surface area contributed by atoms with Gasteiger partial charge in [0.2, 0.25) is 0 Å². The average molecular weight is 342 g/mol. The molecule has 0 aromatic heterocycles. The third-order valence-corrected chi connectivity index (χ3v) is 9.11. The number of nitrogens with zero attached hydrogens (tertiary/aromatic N) is 1. The van der Waals surface area contributed by atoms with Gasteiger partial charge in [-0.2, -0.15) is 0 Å². The van der Waals surface area contributed by atoms with Crippen LogP contribution < -0.4 is 0 Å². The van der Waals surface area contributed by atoms with E-state index in [1.165, 1.54) is 69.9 Å². The Balaban J connectivity index is 1.60.